The van der Waals surface area contributed by atoms with Crippen LogP contribution in [0, 0.1) is 6.92 Å². The van der Waals surface area contributed by atoms with Crippen LogP contribution >= 0.6 is 0 Å². The summed E-state index contributed by atoms with van der Waals surface area (Å²) in [6.07, 6.45) is 7.30. The quantitative estimate of drug-likeness (QED) is 0.622. The van der Waals surface area contributed by atoms with Crippen molar-refractivity contribution >= 4 is 0 Å². The van der Waals surface area contributed by atoms with E-state index in [-0.39, 0.29) is 0 Å². The number of aromatic nitrogens is 5. The fraction of sp³-hybridized carbons (Fsp3) is 0.294. The molecule has 124 valence electrons. The first kappa shape index (κ1) is 16.1. The van der Waals surface area contributed by atoms with Crippen LogP contribution in [0.3, 0.4) is 0 Å². The molecule has 0 amide bonds. The lowest BCUT2D eigenvalue weighted by Crippen LogP contribution is -2.17. The first-order chi connectivity index (χ1) is 11.7. The van der Waals surface area contributed by atoms with Crippen molar-refractivity contribution in [3.8, 4) is 11.4 Å². The molecule has 3 heterocycles. The zero-order valence-corrected chi connectivity index (χ0v) is 13.9. The number of allylic oxidation sites excluding steroid dienone is 1. The lowest BCUT2D eigenvalue weighted by molar-refractivity contribution is 0.260. The topological polar surface area (TPSA) is 72.9 Å². The van der Waals surface area contributed by atoms with Crippen LogP contribution in [-0.4, -0.2) is 36.9 Å². The lowest BCUT2D eigenvalue weighted by Gasteiger charge is -2.13. The molecule has 0 atom stereocenters. The van der Waals surface area contributed by atoms with Gasteiger partial charge in [-0.05, 0) is 26.1 Å². The number of hydrogen-bond acceptors (Lipinski definition) is 6. The summed E-state index contributed by atoms with van der Waals surface area (Å²) in [6.45, 7) is 7.79. The fourth-order valence-corrected chi connectivity index (χ4v) is 2.46. The molecule has 0 unspecified atom stereocenters. The largest absolute Gasteiger partial charge is 0.338 e. The summed E-state index contributed by atoms with van der Waals surface area (Å²) in [4.78, 5) is 10.5. The van der Waals surface area contributed by atoms with E-state index in [2.05, 4.69) is 31.7 Å². The molecule has 0 N–H and O–H groups in total. The Labute approximate surface area is 140 Å². The Kier molecular flexibility index (Phi) is 4.81. The van der Waals surface area contributed by atoms with Gasteiger partial charge < -0.3 is 4.52 Å². The van der Waals surface area contributed by atoms with Gasteiger partial charge in [-0.15, -0.1) is 6.58 Å². The van der Waals surface area contributed by atoms with Crippen molar-refractivity contribution in [2.75, 3.05) is 7.05 Å². The highest BCUT2D eigenvalue weighted by molar-refractivity contribution is 5.52. The van der Waals surface area contributed by atoms with E-state index < -0.39 is 0 Å². The molecular formula is C17H20N6O. The van der Waals surface area contributed by atoms with Gasteiger partial charge in [0, 0.05) is 36.3 Å². The molecule has 0 saturated carbocycles. The second kappa shape index (κ2) is 7.18. The van der Waals surface area contributed by atoms with E-state index in [1.165, 1.54) is 5.56 Å². The summed E-state index contributed by atoms with van der Waals surface area (Å²) < 4.78 is 7.23. The minimum Gasteiger partial charge on any atom is -0.338 e. The molecule has 0 bridgehead atoms. The number of nitrogens with zero attached hydrogens (tertiary/aromatic N) is 6. The van der Waals surface area contributed by atoms with Crippen molar-refractivity contribution in [1.82, 2.24) is 29.8 Å². The van der Waals surface area contributed by atoms with E-state index in [0.29, 0.717) is 24.8 Å². The molecule has 0 aromatic carbocycles. The van der Waals surface area contributed by atoms with Gasteiger partial charge in [-0.2, -0.15) is 10.1 Å². The van der Waals surface area contributed by atoms with Gasteiger partial charge in [-0.1, -0.05) is 11.2 Å². The average molecular weight is 324 g/mol. The van der Waals surface area contributed by atoms with Gasteiger partial charge in [0.1, 0.15) is 0 Å². The molecule has 0 fully saturated rings. The second-order valence-corrected chi connectivity index (χ2v) is 5.67. The van der Waals surface area contributed by atoms with Crippen molar-refractivity contribution < 1.29 is 4.52 Å². The van der Waals surface area contributed by atoms with Gasteiger partial charge in [0.25, 0.3) is 0 Å². The highest BCUT2D eigenvalue weighted by Crippen LogP contribution is 2.16. The Morgan fingerprint density at radius 1 is 1.29 bits per heavy atom. The van der Waals surface area contributed by atoms with E-state index in [9.17, 15) is 0 Å². The molecule has 24 heavy (non-hydrogen) atoms. The molecule has 7 heteroatoms. The molecule has 3 aromatic rings. The predicted molar refractivity (Wildman–Crippen MR) is 89.9 cm³/mol. The summed E-state index contributed by atoms with van der Waals surface area (Å²) in [5, 5.41) is 8.49. The molecule has 3 rings (SSSR count). The van der Waals surface area contributed by atoms with Gasteiger partial charge in [-0.25, -0.2) is 0 Å². The summed E-state index contributed by atoms with van der Waals surface area (Å²) in [6, 6.07) is 3.71. The molecule has 7 nitrogen and oxygen atoms in total. The third-order valence-electron chi connectivity index (χ3n) is 3.62. The summed E-state index contributed by atoms with van der Waals surface area (Å²) in [5.41, 5.74) is 3.09. The summed E-state index contributed by atoms with van der Waals surface area (Å²) in [5.74, 6) is 1.16. The molecule has 0 spiro atoms. The van der Waals surface area contributed by atoms with Crippen molar-refractivity contribution in [1.29, 1.82) is 0 Å². The second-order valence-electron chi connectivity index (χ2n) is 5.67. The average Bonchev–Trinajstić information content (AvgIpc) is 3.16. The number of rotatable bonds is 7. The van der Waals surface area contributed by atoms with E-state index in [1.807, 2.05) is 43.1 Å². The Morgan fingerprint density at radius 2 is 2.08 bits per heavy atom. The highest BCUT2D eigenvalue weighted by atomic mass is 16.5. The van der Waals surface area contributed by atoms with Gasteiger partial charge in [-0.3, -0.25) is 14.6 Å². The van der Waals surface area contributed by atoms with Gasteiger partial charge in [0.2, 0.25) is 11.7 Å². The third kappa shape index (κ3) is 3.75. The van der Waals surface area contributed by atoms with Crippen molar-refractivity contribution in [3.63, 3.8) is 0 Å². The highest BCUT2D eigenvalue weighted by Gasteiger charge is 2.13. The monoisotopic (exact) mass is 324 g/mol. The van der Waals surface area contributed by atoms with Crippen molar-refractivity contribution in [2.24, 2.45) is 0 Å². The fourth-order valence-electron chi connectivity index (χ4n) is 2.46. The zero-order chi connectivity index (χ0) is 16.9. The standard InChI is InChI=1S/C17H20N6O/c1-4-9-23-11-15(13(2)20-23)10-22(3)12-16-19-17(21-24-16)14-5-7-18-8-6-14/h4-8,11H,1,9-10,12H2,2-3H3. The SMILES string of the molecule is C=CCn1cc(CN(C)Cc2nc(-c3ccncc3)no2)c(C)n1. The minimum absolute atomic E-state index is 0.574. The third-order valence-corrected chi connectivity index (χ3v) is 3.62. The van der Waals surface area contributed by atoms with Gasteiger partial charge in [0.05, 0.1) is 18.8 Å². The van der Waals surface area contributed by atoms with Crippen LogP contribution < -0.4 is 0 Å². The maximum absolute atomic E-state index is 5.34. The normalized spacial score (nSPS) is 11.1. The van der Waals surface area contributed by atoms with Crippen LogP contribution in [0.2, 0.25) is 0 Å². The molecule has 3 aromatic heterocycles. The summed E-state index contributed by atoms with van der Waals surface area (Å²) >= 11 is 0. The molecule has 0 aliphatic heterocycles. The van der Waals surface area contributed by atoms with E-state index in [0.717, 1.165) is 17.8 Å². The Balaban J connectivity index is 1.64. The van der Waals surface area contributed by atoms with Gasteiger partial charge >= 0.3 is 0 Å². The molecule has 0 aliphatic rings. The van der Waals surface area contributed by atoms with Gasteiger partial charge in [0.15, 0.2) is 0 Å². The van der Waals surface area contributed by atoms with Crippen LogP contribution in [0.25, 0.3) is 11.4 Å². The Bertz CT molecular complexity index is 808. The first-order valence-electron chi connectivity index (χ1n) is 7.71. The predicted octanol–water partition coefficient (Wildman–Crippen LogP) is 2.45. The van der Waals surface area contributed by atoms with Crippen LogP contribution in [-0.2, 0) is 19.6 Å². The molecule has 0 saturated heterocycles. The minimum atomic E-state index is 0.574. The smallest absolute Gasteiger partial charge is 0.241 e. The Morgan fingerprint density at radius 3 is 2.83 bits per heavy atom. The number of hydrogen-bond donors (Lipinski definition) is 0. The number of aryl methyl sites for hydroxylation is 1. The first-order valence-corrected chi connectivity index (χ1v) is 7.71. The maximum atomic E-state index is 5.34. The lowest BCUT2D eigenvalue weighted by atomic mass is 10.2. The Hall–Kier alpha value is -2.80. The van der Waals surface area contributed by atoms with E-state index in [4.69, 9.17) is 4.52 Å². The van der Waals surface area contributed by atoms with Crippen molar-refractivity contribution in [2.45, 2.75) is 26.6 Å². The van der Waals surface area contributed by atoms with Crippen LogP contribution in [0.1, 0.15) is 17.1 Å². The van der Waals surface area contributed by atoms with Crippen LogP contribution in [0.5, 0.6) is 0 Å². The summed E-state index contributed by atoms with van der Waals surface area (Å²) in [7, 11) is 2.01. The van der Waals surface area contributed by atoms with E-state index in [1.54, 1.807) is 12.4 Å². The molecular weight excluding hydrogens is 304 g/mol. The number of pyridine rings is 1. The zero-order valence-electron chi connectivity index (χ0n) is 13.9. The molecule has 0 aliphatic carbocycles. The van der Waals surface area contributed by atoms with Crippen LogP contribution in [0.15, 0.2) is 47.9 Å². The maximum Gasteiger partial charge on any atom is 0.241 e. The molecule has 0 radical (unpaired) electrons. The van der Waals surface area contributed by atoms with Crippen LogP contribution in [0.4, 0.5) is 0 Å². The van der Waals surface area contributed by atoms with E-state index >= 15 is 0 Å². The van der Waals surface area contributed by atoms with Crippen molar-refractivity contribution in [3.05, 3.63) is 60.5 Å².